The predicted molar refractivity (Wildman–Crippen MR) is 115 cm³/mol. The molecule has 0 saturated heterocycles. The highest BCUT2D eigenvalue weighted by molar-refractivity contribution is 6.32. The number of rotatable bonds is 7. The average molecular weight is 411 g/mol. The van der Waals surface area contributed by atoms with Gasteiger partial charge in [0.25, 0.3) is 11.8 Å². The fraction of sp³-hybridized carbons (Fsp3) is 0.227. The summed E-state index contributed by atoms with van der Waals surface area (Å²) in [4.78, 5) is 29.0. The molecule has 6 nitrogen and oxygen atoms in total. The largest absolute Gasteiger partial charge is 0.318 e. The summed E-state index contributed by atoms with van der Waals surface area (Å²) in [5.41, 5.74) is 7.33. The van der Waals surface area contributed by atoms with Gasteiger partial charge in [0.2, 0.25) is 0 Å². The second kappa shape index (κ2) is 9.89. The van der Waals surface area contributed by atoms with Crippen molar-refractivity contribution in [1.82, 2.24) is 20.4 Å². The summed E-state index contributed by atoms with van der Waals surface area (Å²) in [6, 6.07) is 14.9. The number of hydrogen-bond acceptors (Lipinski definition) is 3. The van der Waals surface area contributed by atoms with E-state index in [-0.39, 0.29) is 12.5 Å². The van der Waals surface area contributed by atoms with Crippen LogP contribution in [0.2, 0.25) is 5.02 Å². The van der Waals surface area contributed by atoms with Gasteiger partial charge in [0.15, 0.2) is 0 Å². The van der Waals surface area contributed by atoms with Crippen LogP contribution in [0.3, 0.4) is 0 Å². The first-order chi connectivity index (χ1) is 14.1. The zero-order chi connectivity index (χ0) is 20.6. The first kappa shape index (κ1) is 20.6. The molecule has 0 atom stereocenters. The zero-order valence-electron chi connectivity index (χ0n) is 16.2. The number of nitrogens with one attached hydrogen (secondary N) is 2. The highest BCUT2D eigenvalue weighted by atomic mass is 35.5. The Balaban J connectivity index is 1.62. The lowest BCUT2D eigenvalue weighted by atomic mass is 10.2. The van der Waals surface area contributed by atoms with Crippen molar-refractivity contribution in [2.24, 2.45) is 0 Å². The third-order valence-corrected chi connectivity index (χ3v) is 4.78. The fourth-order valence-corrected chi connectivity index (χ4v) is 3.16. The Kier molecular flexibility index (Phi) is 7.03. The molecule has 0 saturated carbocycles. The van der Waals surface area contributed by atoms with E-state index in [0.29, 0.717) is 5.02 Å². The van der Waals surface area contributed by atoms with E-state index in [0.717, 1.165) is 41.7 Å². The van der Waals surface area contributed by atoms with E-state index < -0.39 is 5.91 Å². The molecule has 0 radical (unpaired) electrons. The molecular weight excluding hydrogens is 388 g/mol. The predicted octanol–water partition coefficient (Wildman–Crippen LogP) is 3.89. The van der Waals surface area contributed by atoms with Gasteiger partial charge in [0, 0.05) is 17.5 Å². The van der Waals surface area contributed by atoms with Gasteiger partial charge in [0.05, 0.1) is 11.0 Å². The van der Waals surface area contributed by atoms with E-state index in [1.54, 1.807) is 18.2 Å². The highest BCUT2D eigenvalue weighted by Gasteiger charge is 2.13. The van der Waals surface area contributed by atoms with Gasteiger partial charge in [-0.3, -0.25) is 20.4 Å². The van der Waals surface area contributed by atoms with Gasteiger partial charge in [-0.2, -0.15) is 0 Å². The first-order valence-corrected chi connectivity index (χ1v) is 9.92. The number of amides is 2. The van der Waals surface area contributed by atoms with Crippen LogP contribution in [-0.2, 0) is 22.6 Å². The van der Waals surface area contributed by atoms with Crippen LogP contribution < -0.4 is 10.9 Å². The van der Waals surface area contributed by atoms with Crippen LogP contribution in [0, 0.1) is 0 Å². The maximum Gasteiger partial charge on any atom is 0.262 e. The number of halogens is 1. The topological polar surface area (TPSA) is 76.0 Å². The van der Waals surface area contributed by atoms with Crippen LogP contribution in [0.5, 0.6) is 0 Å². The molecule has 0 aliphatic carbocycles. The third kappa shape index (κ3) is 5.45. The first-order valence-electron chi connectivity index (χ1n) is 9.54. The van der Waals surface area contributed by atoms with Crippen molar-refractivity contribution >= 4 is 40.5 Å². The molecule has 2 N–H and O–H groups in total. The number of benzene rings is 2. The lowest BCUT2D eigenvalue weighted by molar-refractivity contribution is -0.127. The van der Waals surface area contributed by atoms with E-state index in [1.807, 2.05) is 41.0 Å². The maximum atomic E-state index is 12.4. The highest BCUT2D eigenvalue weighted by Crippen LogP contribution is 2.18. The van der Waals surface area contributed by atoms with E-state index in [1.165, 1.54) is 6.08 Å². The molecule has 29 heavy (non-hydrogen) atoms. The molecule has 7 heteroatoms. The molecule has 150 valence electrons. The summed E-state index contributed by atoms with van der Waals surface area (Å²) < 4.78 is 1.89. The Bertz CT molecular complexity index is 1040. The molecule has 0 aliphatic rings. The quantitative estimate of drug-likeness (QED) is 0.458. The smallest absolute Gasteiger partial charge is 0.262 e. The lowest BCUT2D eigenvalue weighted by Gasteiger charge is -2.10. The number of unbranched alkanes of at least 4 members (excludes halogenated alkanes) is 1. The second-order valence-electron chi connectivity index (χ2n) is 6.60. The minimum Gasteiger partial charge on any atom is -0.318 e. The van der Waals surface area contributed by atoms with Crippen molar-refractivity contribution < 1.29 is 9.59 Å². The number of hydrogen-bond donors (Lipinski definition) is 2. The molecule has 0 fully saturated rings. The molecule has 0 aliphatic heterocycles. The number of imidazole rings is 1. The standard InChI is InChI=1S/C22H23ClN4O2/c1-2-3-12-20-24-18-10-6-7-11-19(18)27(20)15-22(29)26-25-21(28)14-13-16-8-4-5-9-17(16)23/h4-11,13-14H,2-3,12,15H2,1H3,(H,25,28)(H,26,29)/b14-13+. The van der Waals surface area contributed by atoms with E-state index in [2.05, 4.69) is 22.8 Å². The van der Waals surface area contributed by atoms with E-state index >= 15 is 0 Å². The number of nitrogens with zero attached hydrogens (tertiary/aromatic N) is 2. The number of carbonyl (C=O) groups is 2. The van der Waals surface area contributed by atoms with Gasteiger partial charge in [-0.05, 0) is 36.3 Å². The van der Waals surface area contributed by atoms with Crippen LogP contribution in [0.1, 0.15) is 31.2 Å². The average Bonchev–Trinajstić information content (AvgIpc) is 3.07. The summed E-state index contributed by atoms with van der Waals surface area (Å²) in [6.07, 6.45) is 5.75. The number of para-hydroxylation sites is 2. The molecule has 0 bridgehead atoms. The minimum atomic E-state index is -0.444. The molecule has 1 heterocycles. The van der Waals surface area contributed by atoms with Crippen molar-refractivity contribution in [2.75, 3.05) is 0 Å². The van der Waals surface area contributed by atoms with Crippen molar-refractivity contribution in [3.63, 3.8) is 0 Å². The lowest BCUT2D eigenvalue weighted by Crippen LogP contribution is -2.42. The molecule has 1 aromatic heterocycles. The van der Waals surface area contributed by atoms with Crippen molar-refractivity contribution in [1.29, 1.82) is 0 Å². The van der Waals surface area contributed by atoms with Gasteiger partial charge in [-0.1, -0.05) is 55.3 Å². The molecule has 2 amide bonds. The zero-order valence-corrected chi connectivity index (χ0v) is 16.9. The number of aromatic nitrogens is 2. The van der Waals surface area contributed by atoms with E-state index in [9.17, 15) is 9.59 Å². The van der Waals surface area contributed by atoms with Gasteiger partial charge >= 0.3 is 0 Å². The summed E-state index contributed by atoms with van der Waals surface area (Å²) in [5, 5.41) is 0.548. The van der Waals surface area contributed by atoms with Crippen LogP contribution >= 0.6 is 11.6 Å². The number of aryl methyl sites for hydroxylation is 1. The van der Waals surface area contributed by atoms with Gasteiger partial charge in [-0.15, -0.1) is 0 Å². The molecule has 2 aromatic carbocycles. The summed E-state index contributed by atoms with van der Waals surface area (Å²) in [5.74, 6) is 0.0958. The van der Waals surface area contributed by atoms with Crippen LogP contribution in [0.4, 0.5) is 0 Å². The molecule has 0 unspecified atom stereocenters. The molecular formula is C22H23ClN4O2. The Morgan fingerprint density at radius 2 is 1.86 bits per heavy atom. The normalized spacial score (nSPS) is 11.1. The Hall–Kier alpha value is -3.12. The maximum absolute atomic E-state index is 12.4. The SMILES string of the molecule is CCCCc1nc2ccccc2n1CC(=O)NNC(=O)/C=C/c1ccccc1Cl. The van der Waals surface area contributed by atoms with E-state index in [4.69, 9.17) is 11.6 Å². The summed E-state index contributed by atoms with van der Waals surface area (Å²) in [7, 11) is 0. The third-order valence-electron chi connectivity index (χ3n) is 4.43. The van der Waals surface area contributed by atoms with Crippen molar-refractivity contribution in [3.05, 3.63) is 71.0 Å². The molecule has 3 aromatic rings. The Morgan fingerprint density at radius 3 is 2.66 bits per heavy atom. The molecule has 3 rings (SSSR count). The monoisotopic (exact) mass is 410 g/mol. The van der Waals surface area contributed by atoms with Crippen molar-refractivity contribution in [2.45, 2.75) is 32.7 Å². The van der Waals surface area contributed by atoms with Gasteiger partial charge in [-0.25, -0.2) is 4.98 Å². The van der Waals surface area contributed by atoms with Crippen LogP contribution in [-0.4, -0.2) is 21.4 Å². The summed E-state index contributed by atoms with van der Waals surface area (Å²) in [6.45, 7) is 2.19. The Morgan fingerprint density at radius 1 is 1.10 bits per heavy atom. The number of hydrazine groups is 1. The van der Waals surface area contributed by atoms with Gasteiger partial charge < -0.3 is 4.57 Å². The van der Waals surface area contributed by atoms with Gasteiger partial charge in [0.1, 0.15) is 12.4 Å². The summed E-state index contributed by atoms with van der Waals surface area (Å²) >= 11 is 6.05. The second-order valence-corrected chi connectivity index (χ2v) is 7.01. The van der Waals surface area contributed by atoms with Crippen molar-refractivity contribution in [3.8, 4) is 0 Å². The fourth-order valence-electron chi connectivity index (χ4n) is 2.96. The molecule has 0 spiro atoms. The Labute approximate surface area is 174 Å². The number of fused-ring (bicyclic) bond motifs is 1. The minimum absolute atomic E-state index is 0.0774. The van der Waals surface area contributed by atoms with Crippen LogP contribution in [0.15, 0.2) is 54.6 Å². The van der Waals surface area contributed by atoms with Crippen LogP contribution in [0.25, 0.3) is 17.1 Å². The number of carbonyl (C=O) groups excluding carboxylic acids is 2.